The van der Waals surface area contributed by atoms with Crippen molar-refractivity contribution >= 4 is 23.4 Å². The minimum Gasteiger partial charge on any atom is -0.495 e. The molecule has 0 saturated carbocycles. The Bertz CT molecular complexity index is 666. The normalized spacial score (nSPS) is 10.6. The lowest BCUT2D eigenvalue weighted by Gasteiger charge is -2.19. The number of hydrogen-bond donors (Lipinski definition) is 1. The molecule has 0 fully saturated rings. The summed E-state index contributed by atoms with van der Waals surface area (Å²) >= 11 is 0. The van der Waals surface area contributed by atoms with Crippen LogP contribution >= 0.6 is 0 Å². The predicted octanol–water partition coefficient (Wildman–Crippen LogP) is 3.34. The van der Waals surface area contributed by atoms with Gasteiger partial charge in [0.25, 0.3) is 5.91 Å². The third kappa shape index (κ3) is 3.67. The molecule has 4 heteroatoms. The van der Waals surface area contributed by atoms with Crippen molar-refractivity contribution in [3.8, 4) is 5.75 Å². The zero-order valence-electron chi connectivity index (χ0n) is 12.8. The molecule has 0 atom stereocenters. The van der Waals surface area contributed by atoms with Gasteiger partial charge in [0.2, 0.25) is 0 Å². The summed E-state index contributed by atoms with van der Waals surface area (Å²) in [6, 6.07) is 15.0. The molecule has 0 aliphatic rings. The van der Waals surface area contributed by atoms with E-state index in [4.69, 9.17) is 10.5 Å². The smallest absolute Gasteiger partial charge is 0.250 e. The van der Waals surface area contributed by atoms with Crippen LogP contribution in [0.3, 0.4) is 0 Å². The molecule has 2 aromatic rings. The second-order valence-corrected chi connectivity index (χ2v) is 4.75. The molecule has 1 amide bonds. The average Bonchev–Trinajstić information content (AvgIpc) is 2.55. The lowest BCUT2D eigenvalue weighted by atomic mass is 10.1. The van der Waals surface area contributed by atoms with E-state index in [0.29, 0.717) is 18.0 Å². The zero-order chi connectivity index (χ0) is 15.9. The number of hydrogen-bond acceptors (Lipinski definition) is 3. The topological polar surface area (TPSA) is 55.6 Å². The van der Waals surface area contributed by atoms with E-state index in [0.717, 1.165) is 11.3 Å². The van der Waals surface area contributed by atoms with Crippen LogP contribution in [0.4, 0.5) is 11.4 Å². The highest BCUT2D eigenvalue weighted by Gasteiger charge is 2.10. The molecule has 0 radical (unpaired) electrons. The van der Waals surface area contributed by atoms with Crippen LogP contribution in [-0.2, 0) is 4.79 Å². The van der Waals surface area contributed by atoms with Crippen molar-refractivity contribution in [3.05, 3.63) is 60.2 Å². The molecule has 0 saturated heterocycles. The highest BCUT2D eigenvalue weighted by molar-refractivity contribution is 6.03. The van der Waals surface area contributed by atoms with E-state index in [1.807, 2.05) is 43.3 Å². The first-order chi connectivity index (χ1) is 10.7. The van der Waals surface area contributed by atoms with Gasteiger partial charge in [0.15, 0.2) is 0 Å². The van der Waals surface area contributed by atoms with Crippen LogP contribution in [0.15, 0.2) is 54.6 Å². The van der Waals surface area contributed by atoms with Gasteiger partial charge in [-0.2, -0.15) is 0 Å². The summed E-state index contributed by atoms with van der Waals surface area (Å²) < 4.78 is 5.11. The Balaban J connectivity index is 2.15. The fourth-order valence-electron chi connectivity index (χ4n) is 2.19. The Morgan fingerprint density at radius 1 is 1.23 bits per heavy atom. The second-order valence-electron chi connectivity index (χ2n) is 4.75. The molecule has 114 valence electrons. The summed E-state index contributed by atoms with van der Waals surface area (Å²) in [5.74, 6) is 0.561. The molecular weight excluding hydrogens is 276 g/mol. The lowest BCUT2D eigenvalue weighted by molar-refractivity contribution is -0.114. The Morgan fingerprint density at radius 2 is 1.95 bits per heavy atom. The van der Waals surface area contributed by atoms with E-state index in [9.17, 15) is 4.79 Å². The van der Waals surface area contributed by atoms with Crippen molar-refractivity contribution in [2.75, 3.05) is 24.3 Å². The van der Waals surface area contributed by atoms with E-state index in [1.54, 1.807) is 36.3 Å². The maximum atomic E-state index is 12.3. The van der Waals surface area contributed by atoms with Crippen molar-refractivity contribution in [1.82, 2.24) is 0 Å². The summed E-state index contributed by atoms with van der Waals surface area (Å²) in [6.45, 7) is 2.56. The summed E-state index contributed by atoms with van der Waals surface area (Å²) in [5, 5.41) is 0. The number of carbonyl (C=O) groups is 1. The maximum Gasteiger partial charge on any atom is 0.250 e. The minimum absolute atomic E-state index is 0.0666. The van der Waals surface area contributed by atoms with Gasteiger partial charge in [0.05, 0.1) is 12.8 Å². The number of anilines is 2. The van der Waals surface area contributed by atoms with Gasteiger partial charge < -0.3 is 15.4 Å². The number of rotatable bonds is 5. The largest absolute Gasteiger partial charge is 0.495 e. The number of nitrogens with zero attached hydrogens (tertiary/aromatic N) is 1. The molecule has 2 aromatic carbocycles. The molecule has 0 spiro atoms. The second kappa shape index (κ2) is 7.31. The summed E-state index contributed by atoms with van der Waals surface area (Å²) in [4.78, 5) is 14.1. The molecule has 22 heavy (non-hydrogen) atoms. The van der Waals surface area contributed by atoms with Gasteiger partial charge in [-0.1, -0.05) is 24.3 Å². The minimum atomic E-state index is -0.0666. The van der Waals surface area contributed by atoms with E-state index in [1.165, 1.54) is 0 Å². The predicted molar refractivity (Wildman–Crippen MR) is 90.9 cm³/mol. The maximum absolute atomic E-state index is 12.3. The number of carbonyl (C=O) groups excluding carboxylic acids is 1. The van der Waals surface area contributed by atoms with Gasteiger partial charge in [-0.15, -0.1) is 0 Å². The standard InChI is InChI=1S/C18H20N2O2/c1-3-20(15-7-5-4-6-8-15)18(21)12-10-14-9-11-17(22-2)16(19)13-14/h4-13H,3,19H2,1-2H3/b12-10+. The molecule has 0 aromatic heterocycles. The summed E-state index contributed by atoms with van der Waals surface area (Å²) in [7, 11) is 1.57. The first-order valence-corrected chi connectivity index (χ1v) is 7.14. The number of para-hydroxylation sites is 1. The van der Waals surface area contributed by atoms with E-state index >= 15 is 0 Å². The number of amides is 1. The number of methoxy groups -OCH3 is 1. The van der Waals surface area contributed by atoms with Crippen molar-refractivity contribution in [2.24, 2.45) is 0 Å². The Morgan fingerprint density at radius 3 is 2.55 bits per heavy atom. The number of nitrogen functional groups attached to an aromatic ring is 1. The molecule has 0 aliphatic carbocycles. The summed E-state index contributed by atoms with van der Waals surface area (Å²) in [6.07, 6.45) is 3.31. The van der Waals surface area contributed by atoms with Gasteiger partial charge in [-0.05, 0) is 42.8 Å². The fourth-order valence-corrected chi connectivity index (χ4v) is 2.19. The molecule has 4 nitrogen and oxygen atoms in total. The number of likely N-dealkylation sites (N-methyl/N-ethyl adjacent to an activating group) is 1. The van der Waals surface area contributed by atoms with E-state index < -0.39 is 0 Å². The molecule has 0 heterocycles. The fraction of sp³-hybridized carbons (Fsp3) is 0.167. The molecule has 0 bridgehead atoms. The number of benzene rings is 2. The Kier molecular flexibility index (Phi) is 5.20. The number of nitrogens with two attached hydrogens (primary N) is 1. The SMILES string of the molecule is CCN(C(=O)/C=C/c1ccc(OC)c(N)c1)c1ccccc1. The van der Waals surface area contributed by atoms with E-state index in [-0.39, 0.29) is 5.91 Å². The van der Waals surface area contributed by atoms with Crippen LogP contribution in [-0.4, -0.2) is 19.6 Å². The Hall–Kier alpha value is -2.75. The van der Waals surface area contributed by atoms with Crippen LogP contribution in [0.1, 0.15) is 12.5 Å². The first kappa shape index (κ1) is 15.6. The van der Waals surface area contributed by atoms with Crippen LogP contribution in [0.5, 0.6) is 5.75 Å². The zero-order valence-corrected chi connectivity index (χ0v) is 12.8. The highest BCUT2D eigenvalue weighted by Crippen LogP contribution is 2.22. The number of ether oxygens (including phenoxy) is 1. The third-order valence-electron chi connectivity index (χ3n) is 3.32. The van der Waals surface area contributed by atoms with Crippen molar-refractivity contribution in [1.29, 1.82) is 0 Å². The van der Waals surface area contributed by atoms with Gasteiger partial charge in [-0.25, -0.2) is 0 Å². The lowest BCUT2D eigenvalue weighted by Crippen LogP contribution is -2.28. The first-order valence-electron chi connectivity index (χ1n) is 7.14. The molecular formula is C18H20N2O2. The van der Waals surface area contributed by atoms with Crippen LogP contribution < -0.4 is 15.4 Å². The molecule has 2 N–H and O–H groups in total. The molecule has 0 aliphatic heterocycles. The highest BCUT2D eigenvalue weighted by atomic mass is 16.5. The van der Waals surface area contributed by atoms with Crippen molar-refractivity contribution in [2.45, 2.75) is 6.92 Å². The van der Waals surface area contributed by atoms with Gasteiger partial charge in [0, 0.05) is 18.3 Å². The molecule has 0 unspecified atom stereocenters. The monoisotopic (exact) mass is 296 g/mol. The van der Waals surface area contributed by atoms with Gasteiger partial charge in [0.1, 0.15) is 5.75 Å². The van der Waals surface area contributed by atoms with Gasteiger partial charge in [-0.3, -0.25) is 4.79 Å². The van der Waals surface area contributed by atoms with Gasteiger partial charge >= 0.3 is 0 Å². The quantitative estimate of drug-likeness (QED) is 0.680. The summed E-state index contributed by atoms with van der Waals surface area (Å²) in [5.41, 5.74) is 8.15. The van der Waals surface area contributed by atoms with Crippen molar-refractivity contribution < 1.29 is 9.53 Å². The van der Waals surface area contributed by atoms with E-state index in [2.05, 4.69) is 0 Å². The van der Waals surface area contributed by atoms with Crippen LogP contribution in [0.2, 0.25) is 0 Å². The van der Waals surface area contributed by atoms with Crippen molar-refractivity contribution in [3.63, 3.8) is 0 Å². The third-order valence-corrected chi connectivity index (χ3v) is 3.32. The Labute approximate surface area is 130 Å². The molecule has 2 rings (SSSR count). The van der Waals surface area contributed by atoms with Crippen LogP contribution in [0.25, 0.3) is 6.08 Å². The average molecular weight is 296 g/mol. The van der Waals surface area contributed by atoms with Crippen LogP contribution in [0, 0.1) is 0 Å².